The van der Waals surface area contributed by atoms with E-state index in [2.05, 4.69) is 4.99 Å². The number of nitrogens with zero attached hydrogens (tertiary/aromatic N) is 3. The van der Waals surface area contributed by atoms with Crippen LogP contribution in [0.1, 0.15) is 20.9 Å². The molecule has 0 atom stereocenters. The van der Waals surface area contributed by atoms with E-state index in [-0.39, 0.29) is 19.1 Å². The van der Waals surface area contributed by atoms with Gasteiger partial charge in [0.05, 0.1) is 17.9 Å². The summed E-state index contributed by atoms with van der Waals surface area (Å²) in [5.41, 5.74) is 0.244. The lowest BCUT2D eigenvalue weighted by molar-refractivity contribution is -0.137. The van der Waals surface area contributed by atoms with Crippen LogP contribution < -0.4 is 4.80 Å². The Morgan fingerprint density at radius 2 is 1.88 bits per heavy atom. The second kappa shape index (κ2) is 7.40. The predicted molar refractivity (Wildman–Crippen MR) is 88.8 cm³/mol. The molecule has 0 aliphatic carbocycles. The van der Waals surface area contributed by atoms with Crippen molar-refractivity contribution in [3.63, 3.8) is 0 Å². The Morgan fingerprint density at radius 1 is 1.28 bits per heavy atom. The molecular formula is C16H18F3N3O2S. The molecule has 1 heterocycles. The Labute approximate surface area is 146 Å². The normalized spacial score (nSPS) is 12.5. The van der Waals surface area contributed by atoms with Crippen LogP contribution >= 0.6 is 11.3 Å². The monoisotopic (exact) mass is 373 g/mol. The fourth-order valence-electron chi connectivity index (χ4n) is 2.17. The minimum atomic E-state index is -4.40. The third kappa shape index (κ3) is 4.29. The van der Waals surface area contributed by atoms with Gasteiger partial charge >= 0.3 is 6.18 Å². The van der Waals surface area contributed by atoms with Crippen molar-refractivity contribution in [3.05, 3.63) is 45.2 Å². The average molecular weight is 373 g/mol. The van der Waals surface area contributed by atoms with Crippen LogP contribution in [-0.2, 0) is 12.7 Å². The standard InChI is InChI=1S/C16H18F3N3O2S/c1-10-13(14(24)21(2)3)25-15(22(10)8-9-23)20-12-6-4-11(5-7-12)16(17,18)19/h4-7,23H,8-9H2,1-3H3. The molecule has 0 fully saturated rings. The number of hydrogen-bond donors (Lipinski definition) is 1. The van der Waals surface area contributed by atoms with Crippen molar-refractivity contribution in [1.82, 2.24) is 9.47 Å². The van der Waals surface area contributed by atoms with Gasteiger partial charge in [-0.25, -0.2) is 4.99 Å². The van der Waals surface area contributed by atoms with Crippen LogP contribution in [-0.4, -0.2) is 41.2 Å². The number of hydrogen-bond acceptors (Lipinski definition) is 4. The van der Waals surface area contributed by atoms with Crippen LogP contribution in [0, 0.1) is 6.92 Å². The zero-order valence-corrected chi connectivity index (χ0v) is 14.8. The van der Waals surface area contributed by atoms with E-state index in [0.717, 1.165) is 23.5 Å². The molecule has 9 heteroatoms. The quantitative estimate of drug-likeness (QED) is 0.896. The molecule has 0 aliphatic rings. The number of aliphatic hydroxyl groups is 1. The summed E-state index contributed by atoms with van der Waals surface area (Å²) in [6.07, 6.45) is -4.40. The van der Waals surface area contributed by atoms with Crippen LogP contribution in [0.15, 0.2) is 29.3 Å². The Bertz CT molecular complexity index is 821. The molecule has 0 aliphatic heterocycles. The highest BCUT2D eigenvalue weighted by atomic mass is 32.1. The summed E-state index contributed by atoms with van der Waals surface area (Å²) < 4.78 is 39.6. The van der Waals surface area contributed by atoms with E-state index in [1.165, 1.54) is 17.0 Å². The van der Waals surface area contributed by atoms with Crippen LogP contribution in [0.3, 0.4) is 0 Å². The van der Waals surface area contributed by atoms with Gasteiger partial charge in [-0.05, 0) is 31.2 Å². The van der Waals surface area contributed by atoms with Crippen LogP contribution in [0.5, 0.6) is 0 Å². The minimum absolute atomic E-state index is 0.145. The number of aromatic nitrogens is 1. The molecule has 136 valence electrons. The second-order valence-corrected chi connectivity index (χ2v) is 6.51. The molecule has 2 rings (SSSR count). The zero-order valence-electron chi connectivity index (χ0n) is 14.0. The first-order valence-corrected chi connectivity index (χ1v) is 8.21. The molecule has 1 aromatic carbocycles. The van der Waals surface area contributed by atoms with Gasteiger partial charge in [0.1, 0.15) is 4.88 Å². The van der Waals surface area contributed by atoms with Crippen molar-refractivity contribution < 1.29 is 23.1 Å². The summed E-state index contributed by atoms with van der Waals surface area (Å²) >= 11 is 1.14. The fraction of sp³-hybridized carbons (Fsp3) is 0.375. The predicted octanol–water partition coefficient (Wildman–Crippen LogP) is 2.80. The zero-order chi connectivity index (χ0) is 18.8. The molecule has 0 spiro atoms. The van der Waals surface area contributed by atoms with Crippen LogP contribution in [0.4, 0.5) is 18.9 Å². The summed E-state index contributed by atoms with van der Waals surface area (Å²) in [7, 11) is 3.26. The van der Waals surface area contributed by atoms with Crippen molar-refractivity contribution in [2.75, 3.05) is 20.7 Å². The van der Waals surface area contributed by atoms with Gasteiger partial charge in [-0.1, -0.05) is 11.3 Å². The lowest BCUT2D eigenvalue weighted by Crippen LogP contribution is -2.22. The third-order valence-electron chi connectivity index (χ3n) is 3.50. The van der Waals surface area contributed by atoms with Gasteiger partial charge in [-0.3, -0.25) is 4.79 Å². The van der Waals surface area contributed by atoms with Gasteiger partial charge in [0.25, 0.3) is 5.91 Å². The first-order chi connectivity index (χ1) is 11.6. The number of thiazole rings is 1. The van der Waals surface area contributed by atoms with E-state index >= 15 is 0 Å². The lowest BCUT2D eigenvalue weighted by Gasteiger charge is -2.09. The number of aliphatic hydroxyl groups excluding tert-OH is 1. The molecule has 0 unspecified atom stereocenters. The Hall–Kier alpha value is -2.13. The molecule has 0 saturated heterocycles. The van der Waals surface area contributed by atoms with E-state index in [4.69, 9.17) is 0 Å². The SMILES string of the molecule is Cc1c(C(=O)N(C)C)sc(=Nc2ccc(C(F)(F)F)cc2)n1CCO. The summed E-state index contributed by atoms with van der Waals surface area (Å²) in [4.78, 5) is 18.9. The second-order valence-electron chi connectivity index (χ2n) is 5.53. The first kappa shape index (κ1) is 19.2. The highest BCUT2D eigenvalue weighted by Gasteiger charge is 2.29. The average Bonchev–Trinajstić information content (AvgIpc) is 2.83. The number of alkyl halides is 3. The molecule has 0 radical (unpaired) electrons. The van der Waals surface area contributed by atoms with Gasteiger partial charge in [-0.2, -0.15) is 13.2 Å². The highest BCUT2D eigenvalue weighted by molar-refractivity contribution is 7.11. The summed E-state index contributed by atoms with van der Waals surface area (Å²) in [6.45, 7) is 1.84. The molecule has 5 nitrogen and oxygen atoms in total. The third-order valence-corrected chi connectivity index (χ3v) is 4.67. The molecule has 0 saturated carbocycles. The van der Waals surface area contributed by atoms with E-state index in [0.29, 0.717) is 21.1 Å². The fourth-order valence-corrected chi connectivity index (χ4v) is 3.37. The van der Waals surface area contributed by atoms with Crippen molar-refractivity contribution in [1.29, 1.82) is 0 Å². The van der Waals surface area contributed by atoms with Crippen molar-refractivity contribution in [2.24, 2.45) is 4.99 Å². The van der Waals surface area contributed by atoms with E-state index in [1.807, 2.05) is 0 Å². The number of rotatable bonds is 4. The Morgan fingerprint density at radius 3 is 2.36 bits per heavy atom. The van der Waals surface area contributed by atoms with Crippen molar-refractivity contribution in [2.45, 2.75) is 19.6 Å². The first-order valence-electron chi connectivity index (χ1n) is 7.40. The Kier molecular flexibility index (Phi) is 5.69. The van der Waals surface area contributed by atoms with E-state index in [1.54, 1.807) is 25.6 Å². The number of carbonyl (C=O) groups excluding carboxylic acids is 1. The minimum Gasteiger partial charge on any atom is -0.395 e. The Balaban J connectivity index is 2.51. The van der Waals surface area contributed by atoms with Crippen LogP contribution in [0.25, 0.3) is 0 Å². The molecule has 2 aromatic rings. The van der Waals surface area contributed by atoms with E-state index in [9.17, 15) is 23.1 Å². The number of benzene rings is 1. The maximum Gasteiger partial charge on any atom is 0.416 e. The number of halogens is 3. The van der Waals surface area contributed by atoms with Crippen molar-refractivity contribution in [3.8, 4) is 0 Å². The van der Waals surface area contributed by atoms with Crippen LogP contribution in [0.2, 0.25) is 0 Å². The number of carbonyl (C=O) groups is 1. The summed E-state index contributed by atoms with van der Waals surface area (Å²) in [6, 6.07) is 4.46. The maximum atomic E-state index is 12.6. The molecule has 1 amide bonds. The topological polar surface area (TPSA) is 57.8 Å². The summed E-state index contributed by atoms with van der Waals surface area (Å²) in [5, 5.41) is 9.24. The maximum absolute atomic E-state index is 12.6. The lowest BCUT2D eigenvalue weighted by atomic mass is 10.2. The summed E-state index contributed by atoms with van der Waals surface area (Å²) in [5.74, 6) is -0.192. The molecule has 1 N–H and O–H groups in total. The van der Waals surface area contributed by atoms with E-state index < -0.39 is 11.7 Å². The molecular weight excluding hydrogens is 355 g/mol. The highest BCUT2D eigenvalue weighted by Crippen LogP contribution is 2.30. The van der Waals surface area contributed by atoms with Gasteiger partial charge in [-0.15, -0.1) is 0 Å². The molecule has 1 aromatic heterocycles. The van der Waals surface area contributed by atoms with Gasteiger partial charge < -0.3 is 14.6 Å². The van der Waals surface area contributed by atoms with Crippen molar-refractivity contribution >= 4 is 22.9 Å². The van der Waals surface area contributed by atoms with Gasteiger partial charge in [0.2, 0.25) is 0 Å². The number of amides is 1. The van der Waals surface area contributed by atoms with Gasteiger partial charge in [0, 0.05) is 26.3 Å². The van der Waals surface area contributed by atoms with Gasteiger partial charge in [0.15, 0.2) is 4.80 Å². The smallest absolute Gasteiger partial charge is 0.395 e. The molecule has 25 heavy (non-hydrogen) atoms. The largest absolute Gasteiger partial charge is 0.416 e. The molecule has 0 bridgehead atoms.